The third-order valence-electron chi connectivity index (χ3n) is 4.48. The van der Waals surface area contributed by atoms with E-state index in [0.29, 0.717) is 10.0 Å². The molecule has 0 fully saturated rings. The summed E-state index contributed by atoms with van der Waals surface area (Å²) in [6.07, 6.45) is -3.40. The Bertz CT molecular complexity index is 1330. The van der Waals surface area contributed by atoms with Gasteiger partial charge in [-0.1, -0.05) is 22.0 Å². The van der Waals surface area contributed by atoms with E-state index in [1.807, 2.05) is 5.43 Å². The maximum absolute atomic E-state index is 12.9. The fraction of sp³-hybridized carbons (Fsp3) is 0.0833. The van der Waals surface area contributed by atoms with E-state index in [9.17, 15) is 31.9 Å². The molecule has 0 aliphatic rings. The molecular formula is C24H17BrF4N4O4. The van der Waals surface area contributed by atoms with E-state index in [4.69, 9.17) is 4.74 Å². The predicted octanol–water partition coefficient (Wildman–Crippen LogP) is 4.71. The molecule has 3 amide bonds. The van der Waals surface area contributed by atoms with Crippen molar-refractivity contribution in [3.05, 3.63) is 88.1 Å². The molecule has 13 heteroatoms. The molecular weight excluding hydrogens is 564 g/mol. The van der Waals surface area contributed by atoms with Crippen LogP contribution in [0.3, 0.4) is 0 Å². The van der Waals surface area contributed by atoms with Gasteiger partial charge in [-0.2, -0.15) is 18.3 Å². The first kappa shape index (κ1) is 27.3. The number of halogens is 5. The Labute approximate surface area is 215 Å². The first-order chi connectivity index (χ1) is 17.5. The van der Waals surface area contributed by atoms with Crippen molar-refractivity contribution in [1.82, 2.24) is 5.43 Å². The molecule has 3 aromatic rings. The molecule has 0 saturated heterocycles. The Hall–Kier alpha value is -4.26. The van der Waals surface area contributed by atoms with Crippen LogP contribution in [0.2, 0.25) is 0 Å². The van der Waals surface area contributed by atoms with Gasteiger partial charge in [0.25, 0.3) is 5.91 Å². The Kier molecular flexibility index (Phi) is 8.95. The summed E-state index contributed by atoms with van der Waals surface area (Å²) in [6, 6.07) is 13.6. The fourth-order valence-corrected chi connectivity index (χ4v) is 3.18. The van der Waals surface area contributed by atoms with E-state index < -0.39 is 41.9 Å². The van der Waals surface area contributed by atoms with Gasteiger partial charge in [-0.15, -0.1) is 0 Å². The average molecular weight is 581 g/mol. The van der Waals surface area contributed by atoms with Gasteiger partial charge in [0.05, 0.1) is 11.8 Å². The van der Waals surface area contributed by atoms with Gasteiger partial charge in [0.2, 0.25) is 0 Å². The smallest absolute Gasteiger partial charge is 0.416 e. The molecule has 0 heterocycles. The first-order valence-electron chi connectivity index (χ1n) is 10.3. The zero-order chi connectivity index (χ0) is 27.0. The van der Waals surface area contributed by atoms with Crippen molar-refractivity contribution in [2.75, 3.05) is 17.2 Å². The maximum atomic E-state index is 12.9. The molecule has 0 unspecified atom stereocenters. The quantitative estimate of drug-likeness (QED) is 0.163. The molecule has 0 spiro atoms. The number of benzene rings is 3. The number of alkyl halides is 3. The number of hydrazone groups is 1. The van der Waals surface area contributed by atoms with Crippen LogP contribution >= 0.6 is 15.9 Å². The molecule has 0 radical (unpaired) electrons. The molecule has 37 heavy (non-hydrogen) atoms. The third kappa shape index (κ3) is 8.42. The number of hydrogen-bond donors (Lipinski definition) is 3. The summed E-state index contributed by atoms with van der Waals surface area (Å²) in [5.74, 6) is -3.20. The Balaban J connectivity index is 1.58. The second-order valence-corrected chi connectivity index (χ2v) is 8.17. The monoisotopic (exact) mass is 580 g/mol. The summed E-state index contributed by atoms with van der Waals surface area (Å²) in [5, 5.41) is 8.29. The van der Waals surface area contributed by atoms with Crippen molar-refractivity contribution in [3.63, 3.8) is 0 Å². The molecule has 3 N–H and O–H groups in total. The van der Waals surface area contributed by atoms with Crippen LogP contribution < -0.4 is 20.8 Å². The summed E-state index contributed by atoms with van der Waals surface area (Å²) >= 11 is 3.26. The van der Waals surface area contributed by atoms with Crippen LogP contribution in [0.5, 0.6) is 5.75 Å². The lowest BCUT2D eigenvalue weighted by Gasteiger charge is -2.12. The van der Waals surface area contributed by atoms with Gasteiger partial charge in [0.1, 0.15) is 11.6 Å². The molecule has 0 saturated carbocycles. The number of anilines is 2. The molecule has 0 aromatic heterocycles. The van der Waals surface area contributed by atoms with Crippen LogP contribution in [0.25, 0.3) is 0 Å². The number of carbonyl (C=O) groups is 3. The first-order valence-corrected chi connectivity index (χ1v) is 11.1. The van der Waals surface area contributed by atoms with Crippen molar-refractivity contribution >= 4 is 51.2 Å². The van der Waals surface area contributed by atoms with E-state index in [2.05, 4.69) is 31.7 Å². The lowest BCUT2D eigenvalue weighted by atomic mass is 10.2. The number of carbonyl (C=O) groups excluding carboxylic acids is 3. The number of amides is 3. The maximum Gasteiger partial charge on any atom is 0.416 e. The summed E-state index contributed by atoms with van der Waals surface area (Å²) in [4.78, 5) is 36.1. The minimum absolute atomic E-state index is 0.0531. The van der Waals surface area contributed by atoms with Crippen molar-refractivity contribution in [2.24, 2.45) is 5.10 Å². The van der Waals surface area contributed by atoms with E-state index >= 15 is 0 Å². The van der Waals surface area contributed by atoms with Crippen LogP contribution in [0, 0.1) is 5.82 Å². The van der Waals surface area contributed by atoms with Crippen LogP contribution in [0.15, 0.2) is 76.3 Å². The second-order valence-electron chi connectivity index (χ2n) is 7.26. The van der Waals surface area contributed by atoms with Crippen LogP contribution in [0.4, 0.5) is 28.9 Å². The van der Waals surface area contributed by atoms with Crippen molar-refractivity contribution in [1.29, 1.82) is 0 Å². The molecule has 192 valence electrons. The van der Waals surface area contributed by atoms with Gasteiger partial charge in [0, 0.05) is 21.4 Å². The molecule has 8 nitrogen and oxygen atoms in total. The van der Waals surface area contributed by atoms with Gasteiger partial charge in [-0.25, -0.2) is 9.82 Å². The Morgan fingerprint density at radius 1 is 0.919 bits per heavy atom. The van der Waals surface area contributed by atoms with E-state index in [-0.39, 0.29) is 17.1 Å². The average Bonchev–Trinajstić information content (AvgIpc) is 2.84. The standard InChI is InChI=1S/C24H17BrF4N4O4/c25-16-4-9-20(37-13-21(34)31-19-3-1-2-15(11-19)24(27,28)29)14(10-16)12-30-33-23(36)22(35)32-18-7-5-17(26)6-8-18/h1-12H,13H2,(H,31,34)(H,32,35)(H,33,36)/b30-12-. The third-order valence-corrected chi connectivity index (χ3v) is 4.98. The largest absolute Gasteiger partial charge is 0.483 e. The van der Waals surface area contributed by atoms with Crippen molar-refractivity contribution in [2.45, 2.75) is 6.18 Å². The molecule has 0 aliphatic carbocycles. The predicted molar refractivity (Wildman–Crippen MR) is 130 cm³/mol. The highest BCUT2D eigenvalue weighted by atomic mass is 79.9. The normalized spacial score (nSPS) is 11.2. The summed E-state index contributed by atoms with van der Waals surface area (Å²) in [5.41, 5.74) is 1.57. The highest BCUT2D eigenvalue weighted by Crippen LogP contribution is 2.30. The number of rotatable bonds is 7. The highest BCUT2D eigenvalue weighted by molar-refractivity contribution is 9.10. The number of hydrogen-bond acceptors (Lipinski definition) is 5. The van der Waals surface area contributed by atoms with E-state index in [1.54, 1.807) is 12.1 Å². The molecule has 3 rings (SSSR count). The minimum Gasteiger partial charge on any atom is -0.483 e. The van der Waals surface area contributed by atoms with Crippen LogP contribution in [-0.4, -0.2) is 30.5 Å². The van der Waals surface area contributed by atoms with Crippen LogP contribution in [-0.2, 0) is 20.6 Å². The van der Waals surface area contributed by atoms with Gasteiger partial charge in [0.15, 0.2) is 6.61 Å². The van der Waals surface area contributed by atoms with Crippen LogP contribution in [0.1, 0.15) is 11.1 Å². The van der Waals surface area contributed by atoms with E-state index in [1.165, 1.54) is 24.3 Å². The van der Waals surface area contributed by atoms with E-state index in [0.717, 1.165) is 36.5 Å². The van der Waals surface area contributed by atoms with Crippen molar-refractivity contribution in [3.8, 4) is 5.75 Å². The summed E-state index contributed by atoms with van der Waals surface area (Å²) < 4.78 is 57.5. The Morgan fingerprint density at radius 2 is 1.65 bits per heavy atom. The van der Waals surface area contributed by atoms with Gasteiger partial charge < -0.3 is 15.4 Å². The van der Waals surface area contributed by atoms with Gasteiger partial charge in [-0.3, -0.25) is 14.4 Å². The van der Waals surface area contributed by atoms with Crippen molar-refractivity contribution < 1.29 is 36.7 Å². The lowest BCUT2D eigenvalue weighted by molar-refractivity contribution is -0.137. The SMILES string of the molecule is O=C(COc1ccc(Br)cc1/C=N\NC(=O)C(=O)Nc1ccc(F)cc1)Nc1cccc(C(F)(F)F)c1. The second kappa shape index (κ2) is 12.1. The summed E-state index contributed by atoms with van der Waals surface area (Å²) in [7, 11) is 0. The molecule has 3 aromatic carbocycles. The Morgan fingerprint density at radius 3 is 2.35 bits per heavy atom. The zero-order valence-corrected chi connectivity index (χ0v) is 20.2. The number of nitrogens with zero attached hydrogens (tertiary/aromatic N) is 1. The minimum atomic E-state index is -4.56. The topological polar surface area (TPSA) is 109 Å². The fourth-order valence-electron chi connectivity index (χ4n) is 2.80. The highest BCUT2D eigenvalue weighted by Gasteiger charge is 2.30. The zero-order valence-electron chi connectivity index (χ0n) is 18.6. The molecule has 0 atom stereocenters. The van der Waals surface area contributed by atoms with Gasteiger partial charge >= 0.3 is 18.0 Å². The number of ether oxygens (including phenoxy) is 1. The number of nitrogens with one attached hydrogen (secondary N) is 3. The molecule has 0 aliphatic heterocycles. The summed E-state index contributed by atoms with van der Waals surface area (Å²) in [6.45, 7) is -0.537. The lowest BCUT2D eigenvalue weighted by Crippen LogP contribution is -2.32. The molecule has 0 bridgehead atoms. The van der Waals surface area contributed by atoms with Gasteiger partial charge in [-0.05, 0) is 60.7 Å².